The highest BCUT2D eigenvalue weighted by molar-refractivity contribution is 14.1. The number of piperidine rings is 1. The molecule has 116 valence electrons. The number of alkyl halides is 3. The van der Waals surface area contributed by atoms with Crippen molar-refractivity contribution in [3.63, 3.8) is 0 Å². The molecule has 0 atom stereocenters. The third kappa shape index (κ3) is 4.57. The minimum Gasteiger partial charge on any atom is -0.349 e. The monoisotopic (exact) mass is 412 g/mol. The molecule has 1 fully saturated rings. The number of carbonyl (C=O) groups is 1. The first kappa shape index (κ1) is 16.5. The Hall–Kier alpha value is -0.830. The van der Waals surface area contributed by atoms with Crippen molar-refractivity contribution in [1.29, 1.82) is 0 Å². The first-order chi connectivity index (χ1) is 9.75. The van der Waals surface area contributed by atoms with E-state index in [0.717, 1.165) is 38.1 Å². The summed E-state index contributed by atoms with van der Waals surface area (Å²) < 4.78 is 38.7. The Morgan fingerprint density at radius 1 is 1.29 bits per heavy atom. The van der Waals surface area contributed by atoms with Gasteiger partial charge in [-0.25, -0.2) is 0 Å². The predicted molar refractivity (Wildman–Crippen MR) is 82.1 cm³/mol. The Morgan fingerprint density at radius 2 is 1.90 bits per heavy atom. The molecule has 3 nitrogen and oxygen atoms in total. The van der Waals surface area contributed by atoms with E-state index < -0.39 is 17.6 Å². The molecule has 1 aliphatic rings. The molecule has 0 aromatic heterocycles. The molecule has 0 aliphatic carbocycles. The molecular formula is C14H16F3IN2O. The predicted octanol–water partition coefficient (Wildman–Crippen LogP) is 3.13. The minimum absolute atomic E-state index is 0.0286. The van der Waals surface area contributed by atoms with E-state index in [0.29, 0.717) is 3.57 Å². The third-order valence-corrected chi connectivity index (χ3v) is 4.16. The molecule has 1 amide bonds. The second-order valence-corrected chi connectivity index (χ2v) is 6.52. The van der Waals surface area contributed by atoms with Crippen molar-refractivity contribution in [2.24, 2.45) is 0 Å². The smallest absolute Gasteiger partial charge is 0.349 e. The molecule has 1 N–H and O–H groups in total. The lowest BCUT2D eigenvalue weighted by Gasteiger charge is -2.29. The Balaban J connectivity index is 2.10. The number of hydrogen-bond acceptors (Lipinski definition) is 2. The Morgan fingerprint density at radius 3 is 2.48 bits per heavy atom. The highest BCUT2D eigenvalue weighted by atomic mass is 127. The maximum atomic E-state index is 12.8. The van der Waals surface area contributed by atoms with Crippen molar-refractivity contribution < 1.29 is 18.0 Å². The summed E-state index contributed by atoms with van der Waals surface area (Å²) in [6, 6.07) is 3.44. The van der Waals surface area contributed by atoms with E-state index in [4.69, 9.17) is 0 Å². The first-order valence-electron chi connectivity index (χ1n) is 6.63. The first-order valence-corrected chi connectivity index (χ1v) is 7.71. The van der Waals surface area contributed by atoms with Gasteiger partial charge >= 0.3 is 6.18 Å². The number of nitrogens with zero attached hydrogens (tertiary/aromatic N) is 1. The van der Waals surface area contributed by atoms with Crippen molar-refractivity contribution in [1.82, 2.24) is 10.2 Å². The SMILES string of the molecule is CN1CCC(NC(=O)c2cc(I)cc(C(F)(F)F)c2)CC1. The van der Waals surface area contributed by atoms with Crippen LogP contribution >= 0.6 is 22.6 Å². The van der Waals surface area contributed by atoms with Crippen molar-refractivity contribution in [3.8, 4) is 0 Å². The topological polar surface area (TPSA) is 32.3 Å². The summed E-state index contributed by atoms with van der Waals surface area (Å²) in [6.45, 7) is 1.76. The van der Waals surface area contributed by atoms with E-state index in [-0.39, 0.29) is 11.6 Å². The summed E-state index contributed by atoms with van der Waals surface area (Å²) in [5.74, 6) is -0.437. The molecule has 1 aromatic carbocycles. The highest BCUT2D eigenvalue weighted by Crippen LogP contribution is 2.31. The number of halogens is 4. The Labute approximate surface area is 135 Å². The van der Waals surface area contributed by atoms with Crippen LogP contribution in [0.15, 0.2) is 18.2 Å². The van der Waals surface area contributed by atoms with Crippen molar-refractivity contribution >= 4 is 28.5 Å². The molecule has 1 aromatic rings. The van der Waals surface area contributed by atoms with Gasteiger partial charge in [-0.05, 0) is 73.8 Å². The van der Waals surface area contributed by atoms with Crippen LogP contribution < -0.4 is 5.32 Å². The van der Waals surface area contributed by atoms with Gasteiger partial charge < -0.3 is 10.2 Å². The number of benzene rings is 1. The van der Waals surface area contributed by atoms with Gasteiger partial charge in [-0.1, -0.05) is 0 Å². The third-order valence-electron chi connectivity index (χ3n) is 3.54. The lowest BCUT2D eigenvalue weighted by molar-refractivity contribution is -0.137. The van der Waals surface area contributed by atoms with Crippen LogP contribution in [0, 0.1) is 3.57 Å². The van der Waals surface area contributed by atoms with Crippen LogP contribution in [0.5, 0.6) is 0 Å². The molecule has 1 aliphatic heterocycles. The fourth-order valence-corrected chi connectivity index (χ4v) is 2.98. The van der Waals surface area contributed by atoms with Crippen molar-refractivity contribution in [2.45, 2.75) is 25.1 Å². The molecular weight excluding hydrogens is 396 g/mol. The van der Waals surface area contributed by atoms with Gasteiger partial charge in [-0.2, -0.15) is 13.2 Å². The second kappa shape index (κ2) is 6.51. The lowest BCUT2D eigenvalue weighted by Crippen LogP contribution is -2.43. The summed E-state index contributed by atoms with van der Waals surface area (Å²) >= 11 is 1.79. The maximum absolute atomic E-state index is 12.8. The van der Waals surface area contributed by atoms with Gasteiger partial charge in [-0.15, -0.1) is 0 Å². The van der Waals surface area contributed by atoms with Gasteiger partial charge in [0.15, 0.2) is 0 Å². The second-order valence-electron chi connectivity index (χ2n) is 5.28. The van der Waals surface area contributed by atoms with Crippen LogP contribution in [0.4, 0.5) is 13.2 Å². The Bertz CT molecular complexity index is 525. The summed E-state index contributed by atoms with van der Waals surface area (Å²) in [6.07, 6.45) is -2.81. The number of amides is 1. The lowest BCUT2D eigenvalue weighted by atomic mass is 10.0. The van der Waals surface area contributed by atoms with Crippen LogP contribution in [-0.2, 0) is 6.18 Å². The molecule has 0 spiro atoms. The molecule has 0 bridgehead atoms. The van der Waals surface area contributed by atoms with Crippen LogP contribution in [0.1, 0.15) is 28.8 Å². The van der Waals surface area contributed by atoms with Crippen LogP contribution in [-0.4, -0.2) is 37.0 Å². The van der Waals surface area contributed by atoms with Crippen molar-refractivity contribution in [3.05, 3.63) is 32.9 Å². The fraction of sp³-hybridized carbons (Fsp3) is 0.500. The average molecular weight is 412 g/mol. The number of hydrogen-bond donors (Lipinski definition) is 1. The minimum atomic E-state index is -4.44. The van der Waals surface area contributed by atoms with Crippen LogP contribution in [0.3, 0.4) is 0 Å². The fourth-order valence-electron chi connectivity index (χ4n) is 2.31. The quantitative estimate of drug-likeness (QED) is 0.758. The number of likely N-dealkylation sites (tertiary alicyclic amines) is 1. The van der Waals surface area contributed by atoms with Gasteiger partial charge in [0.05, 0.1) is 5.56 Å². The van der Waals surface area contributed by atoms with Gasteiger partial charge in [0.25, 0.3) is 5.91 Å². The van der Waals surface area contributed by atoms with E-state index >= 15 is 0 Å². The maximum Gasteiger partial charge on any atom is 0.416 e. The number of carbonyl (C=O) groups excluding carboxylic acids is 1. The zero-order valence-electron chi connectivity index (χ0n) is 11.5. The molecule has 21 heavy (non-hydrogen) atoms. The highest BCUT2D eigenvalue weighted by Gasteiger charge is 2.31. The molecule has 1 heterocycles. The standard InChI is InChI=1S/C14H16F3IN2O/c1-20-4-2-12(3-5-20)19-13(21)9-6-10(14(15,16)17)8-11(18)7-9/h6-8,12H,2-5H2,1H3,(H,19,21). The van der Waals surface area contributed by atoms with Gasteiger partial charge in [0, 0.05) is 15.2 Å². The summed E-state index contributed by atoms with van der Waals surface area (Å²) in [7, 11) is 2.01. The molecule has 0 radical (unpaired) electrons. The van der Waals surface area contributed by atoms with E-state index in [9.17, 15) is 18.0 Å². The zero-order valence-corrected chi connectivity index (χ0v) is 13.7. The van der Waals surface area contributed by atoms with Gasteiger partial charge in [0.1, 0.15) is 0 Å². The normalized spacial score (nSPS) is 17.8. The molecule has 7 heteroatoms. The van der Waals surface area contributed by atoms with E-state index in [1.165, 1.54) is 6.07 Å². The number of nitrogens with one attached hydrogen (secondary N) is 1. The molecule has 1 saturated heterocycles. The van der Waals surface area contributed by atoms with Gasteiger partial charge in [0.2, 0.25) is 0 Å². The average Bonchev–Trinajstić information content (AvgIpc) is 2.39. The largest absolute Gasteiger partial charge is 0.416 e. The summed E-state index contributed by atoms with van der Waals surface area (Å²) in [5, 5.41) is 2.83. The van der Waals surface area contributed by atoms with E-state index in [2.05, 4.69) is 10.2 Å². The molecule has 2 rings (SSSR count). The molecule has 0 unspecified atom stereocenters. The van der Waals surface area contributed by atoms with Crippen LogP contribution in [0.25, 0.3) is 0 Å². The van der Waals surface area contributed by atoms with Crippen molar-refractivity contribution in [2.75, 3.05) is 20.1 Å². The number of rotatable bonds is 2. The van der Waals surface area contributed by atoms with Crippen LogP contribution in [0.2, 0.25) is 0 Å². The van der Waals surface area contributed by atoms with Gasteiger partial charge in [-0.3, -0.25) is 4.79 Å². The molecule has 0 saturated carbocycles. The van der Waals surface area contributed by atoms with E-state index in [1.54, 1.807) is 22.6 Å². The Kier molecular flexibility index (Phi) is 5.13. The summed E-state index contributed by atoms with van der Waals surface area (Å²) in [5.41, 5.74) is -0.726. The van der Waals surface area contributed by atoms with E-state index in [1.807, 2.05) is 7.05 Å². The summed E-state index contributed by atoms with van der Waals surface area (Å²) in [4.78, 5) is 14.3. The zero-order chi connectivity index (χ0) is 15.6.